The second kappa shape index (κ2) is 9.16. The van der Waals surface area contributed by atoms with Gasteiger partial charge in [-0.15, -0.1) is 5.10 Å². The number of hydrogen-bond acceptors (Lipinski definition) is 8. The molecule has 10 nitrogen and oxygen atoms in total. The minimum absolute atomic E-state index is 0.172. The lowest BCUT2D eigenvalue weighted by Crippen LogP contribution is -2.26. The first kappa shape index (κ1) is 21.5. The quantitative estimate of drug-likeness (QED) is 0.387. The maximum Gasteiger partial charge on any atom is 0.256 e. The van der Waals surface area contributed by atoms with E-state index in [1.165, 1.54) is 13.3 Å². The molecule has 0 aliphatic rings. The normalized spacial score (nSPS) is 12.0. The summed E-state index contributed by atoms with van der Waals surface area (Å²) < 4.78 is 6.81. The van der Waals surface area contributed by atoms with Crippen molar-refractivity contribution in [3.63, 3.8) is 0 Å². The van der Waals surface area contributed by atoms with Gasteiger partial charge in [0.15, 0.2) is 5.65 Å². The molecule has 4 rings (SSSR count). The summed E-state index contributed by atoms with van der Waals surface area (Å²) in [5.74, 6) is -0.00899. The van der Waals surface area contributed by atoms with E-state index in [2.05, 4.69) is 25.4 Å². The lowest BCUT2D eigenvalue weighted by atomic mass is 10.1. The lowest BCUT2D eigenvalue weighted by molar-refractivity contribution is 0.0938. The molecule has 164 valence electrons. The standard InChI is InChI=1S/C21H20ClN7O3/c1-32-20-15(19(31)24-6-4-17(30)16-3-2-14(22)11-25-16)8-13(10-26-20)12-5-7-29-18(9-12)27-21(23)28-29/h2-3,5,7-11,17,30H,4,6H2,1H3,(H2,23,28)(H,24,31). The highest BCUT2D eigenvalue weighted by molar-refractivity contribution is 6.30. The number of amides is 1. The number of aromatic nitrogens is 5. The average molecular weight is 454 g/mol. The molecular formula is C21H20ClN7O3. The number of nitrogens with zero attached hydrogens (tertiary/aromatic N) is 5. The van der Waals surface area contributed by atoms with Crippen molar-refractivity contribution in [2.45, 2.75) is 12.5 Å². The van der Waals surface area contributed by atoms with Crippen LogP contribution in [0.2, 0.25) is 5.02 Å². The minimum Gasteiger partial charge on any atom is -0.480 e. The van der Waals surface area contributed by atoms with Crippen molar-refractivity contribution >= 4 is 29.1 Å². The molecular weight excluding hydrogens is 434 g/mol. The van der Waals surface area contributed by atoms with E-state index < -0.39 is 6.10 Å². The summed E-state index contributed by atoms with van der Waals surface area (Å²) >= 11 is 5.81. The Morgan fingerprint density at radius 1 is 1.25 bits per heavy atom. The molecule has 4 aromatic rings. The van der Waals surface area contributed by atoms with E-state index in [9.17, 15) is 9.90 Å². The van der Waals surface area contributed by atoms with Gasteiger partial charge in [-0.05, 0) is 42.3 Å². The number of halogens is 1. The Labute approximate surface area is 188 Å². The van der Waals surface area contributed by atoms with Crippen molar-refractivity contribution in [2.75, 3.05) is 19.4 Å². The summed E-state index contributed by atoms with van der Waals surface area (Å²) in [7, 11) is 1.44. The molecule has 0 fully saturated rings. The van der Waals surface area contributed by atoms with Crippen LogP contribution in [0.4, 0.5) is 5.95 Å². The molecule has 4 heterocycles. The Morgan fingerprint density at radius 3 is 2.84 bits per heavy atom. The van der Waals surface area contributed by atoms with Crippen molar-refractivity contribution in [1.29, 1.82) is 0 Å². The molecule has 32 heavy (non-hydrogen) atoms. The highest BCUT2D eigenvalue weighted by Crippen LogP contribution is 2.25. The number of nitrogen functional groups attached to an aromatic ring is 1. The van der Waals surface area contributed by atoms with Crippen molar-refractivity contribution in [1.82, 2.24) is 29.9 Å². The highest BCUT2D eigenvalue weighted by Gasteiger charge is 2.17. The lowest BCUT2D eigenvalue weighted by Gasteiger charge is -2.13. The van der Waals surface area contributed by atoms with Crippen molar-refractivity contribution in [3.8, 4) is 17.0 Å². The number of ether oxygens (including phenoxy) is 1. The summed E-state index contributed by atoms with van der Waals surface area (Å²) in [4.78, 5) is 25.3. The molecule has 1 unspecified atom stereocenters. The molecule has 0 aliphatic carbocycles. The van der Waals surface area contributed by atoms with Crippen LogP contribution in [0.15, 0.2) is 48.9 Å². The molecule has 1 amide bonds. The number of carbonyl (C=O) groups is 1. The summed E-state index contributed by atoms with van der Waals surface area (Å²) in [6, 6.07) is 8.60. The fourth-order valence-electron chi connectivity index (χ4n) is 3.16. The monoisotopic (exact) mass is 453 g/mol. The van der Waals surface area contributed by atoms with Gasteiger partial charge in [0.2, 0.25) is 11.8 Å². The Balaban J connectivity index is 1.48. The Hall–Kier alpha value is -3.76. The third-order valence-electron chi connectivity index (χ3n) is 4.77. The molecule has 0 spiro atoms. The van der Waals surface area contributed by atoms with Gasteiger partial charge in [-0.3, -0.25) is 9.78 Å². The van der Waals surface area contributed by atoms with Crippen molar-refractivity contribution in [3.05, 3.63) is 65.2 Å². The number of fused-ring (bicyclic) bond motifs is 1. The largest absolute Gasteiger partial charge is 0.480 e. The summed E-state index contributed by atoms with van der Waals surface area (Å²) in [5.41, 5.74) is 8.45. The number of nitrogens with two attached hydrogens (primary N) is 1. The van der Waals surface area contributed by atoms with Gasteiger partial charge in [0.05, 0.1) is 23.9 Å². The molecule has 0 bridgehead atoms. The predicted molar refractivity (Wildman–Crippen MR) is 118 cm³/mol. The van der Waals surface area contributed by atoms with Crippen molar-refractivity contribution in [2.24, 2.45) is 0 Å². The minimum atomic E-state index is -0.832. The zero-order valence-electron chi connectivity index (χ0n) is 17.1. The highest BCUT2D eigenvalue weighted by atomic mass is 35.5. The van der Waals surface area contributed by atoms with Crippen LogP contribution in [-0.2, 0) is 0 Å². The molecule has 0 aromatic carbocycles. The van der Waals surface area contributed by atoms with Crippen LogP contribution >= 0.6 is 11.6 Å². The van der Waals surface area contributed by atoms with Gasteiger partial charge in [-0.1, -0.05) is 11.6 Å². The van der Waals surface area contributed by atoms with Crippen LogP contribution in [0.1, 0.15) is 28.6 Å². The first-order chi connectivity index (χ1) is 15.4. The Bertz CT molecular complexity index is 1260. The van der Waals surface area contributed by atoms with Gasteiger partial charge in [-0.25, -0.2) is 9.50 Å². The second-order valence-electron chi connectivity index (χ2n) is 6.93. The molecule has 4 N–H and O–H groups in total. The number of carbonyl (C=O) groups excluding carboxylic acids is 1. The maximum atomic E-state index is 12.8. The zero-order valence-corrected chi connectivity index (χ0v) is 17.8. The van der Waals surface area contributed by atoms with Crippen LogP contribution in [-0.4, -0.2) is 49.2 Å². The SMILES string of the molecule is COc1ncc(-c2ccn3nc(N)nc3c2)cc1C(=O)NCCC(O)c1ccc(Cl)cn1. The number of aliphatic hydroxyl groups is 1. The number of aliphatic hydroxyl groups excluding tert-OH is 1. The van der Waals surface area contributed by atoms with Crippen LogP contribution in [0.3, 0.4) is 0 Å². The number of methoxy groups -OCH3 is 1. The number of pyridine rings is 3. The molecule has 0 saturated carbocycles. The predicted octanol–water partition coefficient (Wildman–Crippen LogP) is 2.28. The van der Waals surface area contributed by atoms with Crippen LogP contribution in [0.5, 0.6) is 5.88 Å². The van der Waals surface area contributed by atoms with E-state index in [4.69, 9.17) is 22.1 Å². The van der Waals surface area contributed by atoms with E-state index in [1.54, 1.807) is 41.2 Å². The van der Waals surface area contributed by atoms with Crippen LogP contribution in [0, 0.1) is 0 Å². The number of nitrogens with one attached hydrogen (secondary N) is 1. The summed E-state index contributed by atoms with van der Waals surface area (Å²) in [6.45, 7) is 0.225. The number of rotatable bonds is 7. The molecule has 0 saturated heterocycles. The van der Waals surface area contributed by atoms with Gasteiger partial charge in [-0.2, -0.15) is 4.98 Å². The first-order valence-electron chi connectivity index (χ1n) is 9.68. The van der Waals surface area contributed by atoms with E-state index in [1.807, 2.05) is 6.07 Å². The third kappa shape index (κ3) is 4.61. The van der Waals surface area contributed by atoms with E-state index in [0.29, 0.717) is 21.9 Å². The summed E-state index contributed by atoms with van der Waals surface area (Å²) in [5, 5.41) is 17.6. The molecule has 0 radical (unpaired) electrons. The number of anilines is 1. The van der Waals surface area contributed by atoms with Gasteiger partial charge in [0, 0.05) is 30.7 Å². The van der Waals surface area contributed by atoms with Crippen LogP contribution < -0.4 is 15.8 Å². The molecule has 1 atom stereocenters. The maximum absolute atomic E-state index is 12.8. The van der Waals surface area contributed by atoms with Gasteiger partial charge in [0.1, 0.15) is 5.56 Å². The zero-order chi connectivity index (χ0) is 22.7. The molecule has 0 aliphatic heterocycles. The third-order valence-corrected chi connectivity index (χ3v) is 4.99. The second-order valence-corrected chi connectivity index (χ2v) is 7.37. The van der Waals surface area contributed by atoms with Gasteiger partial charge < -0.3 is 20.9 Å². The van der Waals surface area contributed by atoms with Crippen LogP contribution in [0.25, 0.3) is 16.8 Å². The van der Waals surface area contributed by atoms with E-state index in [-0.39, 0.29) is 36.3 Å². The molecule has 4 aromatic heterocycles. The Kier molecular flexibility index (Phi) is 6.15. The topological polar surface area (TPSA) is 141 Å². The van der Waals surface area contributed by atoms with E-state index in [0.717, 1.165) is 5.56 Å². The van der Waals surface area contributed by atoms with Gasteiger partial charge in [0.25, 0.3) is 5.91 Å². The number of hydrogen-bond donors (Lipinski definition) is 3. The fraction of sp³-hybridized carbons (Fsp3) is 0.190. The smallest absolute Gasteiger partial charge is 0.256 e. The Morgan fingerprint density at radius 2 is 2.09 bits per heavy atom. The molecule has 11 heteroatoms. The van der Waals surface area contributed by atoms with Gasteiger partial charge >= 0.3 is 0 Å². The fourth-order valence-corrected chi connectivity index (χ4v) is 3.28. The van der Waals surface area contributed by atoms with Crippen molar-refractivity contribution < 1.29 is 14.6 Å². The first-order valence-corrected chi connectivity index (χ1v) is 10.1. The summed E-state index contributed by atoms with van der Waals surface area (Å²) in [6.07, 6.45) is 4.25. The van der Waals surface area contributed by atoms with E-state index >= 15 is 0 Å². The average Bonchev–Trinajstić information content (AvgIpc) is 3.18.